The van der Waals surface area contributed by atoms with Gasteiger partial charge in [0.25, 0.3) is 0 Å². The molecule has 2 nitrogen and oxygen atoms in total. The number of aliphatic hydroxyl groups excluding tert-OH is 2. The van der Waals surface area contributed by atoms with E-state index in [0.717, 1.165) is 25.7 Å². The summed E-state index contributed by atoms with van der Waals surface area (Å²) in [6.45, 7) is 0.663. The van der Waals surface area contributed by atoms with Crippen molar-refractivity contribution in [1.82, 2.24) is 0 Å². The van der Waals surface area contributed by atoms with E-state index in [1.165, 1.54) is 0 Å². The Morgan fingerprint density at radius 1 is 0.800 bits per heavy atom. The number of rotatable bonds is 2. The fourth-order valence-corrected chi connectivity index (χ4v) is 1.60. The van der Waals surface area contributed by atoms with Crippen molar-refractivity contribution in [2.45, 2.75) is 25.7 Å². The van der Waals surface area contributed by atoms with E-state index in [0.29, 0.717) is 25.0 Å². The number of aliphatic hydroxyl groups is 2. The zero-order chi connectivity index (χ0) is 7.40. The molecule has 1 saturated carbocycles. The summed E-state index contributed by atoms with van der Waals surface area (Å²) in [4.78, 5) is 0. The van der Waals surface area contributed by atoms with Crippen molar-refractivity contribution in [1.29, 1.82) is 0 Å². The van der Waals surface area contributed by atoms with Gasteiger partial charge in [0.1, 0.15) is 0 Å². The lowest BCUT2D eigenvalue weighted by atomic mass is 9.83. The maximum absolute atomic E-state index is 8.79. The molecule has 1 aliphatic carbocycles. The van der Waals surface area contributed by atoms with Crippen LogP contribution in [-0.4, -0.2) is 23.4 Å². The van der Waals surface area contributed by atoms with E-state index in [1.807, 2.05) is 0 Å². The second kappa shape index (κ2) is 3.94. The molecule has 2 heteroatoms. The lowest BCUT2D eigenvalue weighted by Crippen LogP contribution is -2.19. The summed E-state index contributed by atoms with van der Waals surface area (Å²) in [6.07, 6.45) is 4.40. The molecule has 10 heavy (non-hydrogen) atoms. The van der Waals surface area contributed by atoms with Gasteiger partial charge in [0.15, 0.2) is 0 Å². The van der Waals surface area contributed by atoms with E-state index in [4.69, 9.17) is 10.2 Å². The van der Waals surface area contributed by atoms with E-state index in [-0.39, 0.29) is 0 Å². The van der Waals surface area contributed by atoms with E-state index in [9.17, 15) is 0 Å². The molecule has 0 aliphatic heterocycles. The molecule has 60 valence electrons. The fraction of sp³-hybridized carbons (Fsp3) is 1.00. The van der Waals surface area contributed by atoms with Crippen LogP contribution in [0.3, 0.4) is 0 Å². The van der Waals surface area contributed by atoms with Crippen molar-refractivity contribution in [3.63, 3.8) is 0 Å². The van der Waals surface area contributed by atoms with Crippen LogP contribution in [0.4, 0.5) is 0 Å². The van der Waals surface area contributed by atoms with Crippen molar-refractivity contribution in [3.8, 4) is 0 Å². The summed E-state index contributed by atoms with van der Waals surface area (Å²) in [7, 11) is 0. The standard InChI is InChI=1S/C8H16O2/c9-5-7-1-2-8(6-10)4-3-7/h7-10H,1-6H2/t7-,8+. The molecule has 0 aromatic heterocycles. The van der Waals surface area contributed by atoms with E-state index >= 15 is 0 Å². The third kappa shape index (κ3) is 1.96. The van der Waals surface area contributed by atoms with Crippen LogP contribution in [0.5, 0.6) is 0 Å². The lowest BCUT2D eigenvalue weighted by Gasteiger charge is -2.25. The SMILES string of the molecule is OC[C@H]1CC[C@@H](CO)CC1. The Morgan fingerprint density at radius 2 is 1.10 bits per heavy atom. The van der Waals surface area contributed by atoms with Gasteiger partial charge in [0.2, 0.25) is 0 Å². The predicted molar refractivity (Wildman–Crippen MR) is 39.6 cm³/mol. The molecule has 0 unspecified atom stereocenters. The smallest absolute Gasteiger partial charge is 0.0459 e. The highest BCUT2D eigenvalue weighted by Crippen LogP contribution is 2.27. The second-order valence-corrected chi connectivity index (χ2v) is 3.25. The minimum atomic E-state index is 0.331. The fourth-order valence-electron chi connectivity index (χ4n) is 1.60. The number of hydrogen-bond donors (Lipinski definition) is 2. The Morgan fingerprint density at radius 3 is 1.30 bits per heavy atom. The van der Waals surface area contributed by atoms with Gasteiger partial charge in [-0.2, -0.15) is 0 Å². The van der Waals surface area contributed by atoms with Gasteiger partial charge in [-0.1, -0.05) is 0 Å². The molecule has 0 heterocycles. The van der Waals surface area contributed by atoms with E-state index in [1.54, 1.807) is 0 Å². The largest absolute Gasteiger partial charge is 0.396 e. The van der Waals surface area contributed by atoms with E-state index < -0.39 is 0 Å². The molecule has 0 atom stereocenters. The molecule has 1 aliphatic rings. The summed E-state index contributed by atoms with van der Waals surface area (Å²) < 4.78 is 0. The molecule has 0 aromatic rings. The molecule has 0 saturated heterocycles. The van der Waals surface area contributed by atoms with Gasteiger partial charge in [0, 0.05) is 13.2 Å². The molecule has 1 fully saturated rings. The Labute approximate surface area is 61.9 Å². The summed E-state index contributed by atoms with van der Waals surface area (Å²) in [6, 6.07) is 0. The summed E-state index contributed by atoms with van der Waals surface area (Å²) in [5, 5.41) is 17.6. The molecule has 0 spiro atoms. The van der Waals surface area contributed by atoms with Gasteiger partial charge in [-0.3, -0.25) is 0 Å². The first-order valence-corrected chi connectivity index (χ1v) is 4.08. The molecule has 0 aromatic carbocycles. The Hall–Kier alpha value is -0.0800. The van der Waals surface area contributed by atoms with Gasteiger partial charge in [-0.05, 0) is 37.5 Å². The minimum Gasteiger partial charge on any atom is -0.396 e. The highest BCUT2D eigenvalue weighted by atomic mass is 16.3. The lowest BCUT2D eigenvalue weighted by molar-refractivity contribution is 0.131. The van der Waals surface area contributed by atoms with Gasteiger partial charge >= 0.3 is 0 Å². The van der Waals surface area contributed by atoms with E-state index in [2.05, 4.69) is 0 Å². The van der Waals surface area contributed by atoms with Crippen LogP contribution in [0, 0.1) is 11.8 Å². The molecule has 1 rings (SSSR count). The zero-order valence-electron chi connectivity index (χ0n) is 6.29. The van der Waals surface area contributed by atoms with Crippen LogP contribution in [-0.2, 0) is 0 Å². The van der Waals surface area contributed by atoms with Crippen molar-refractivity contribution >= 4 is 0 Å². The van der Waals surface area contributed by atoms with Gasteiger partial charge < -0.3 is 10.2 Å². The zero-order valence-corrected chi connectivity index (χ0v) is 6.29. The molecular formula is C8H16O2. The first-order chi connectivity index (χ1) is 4.86. The highest BCUT2D eigenvalue weighted by molar-refractivity contribution is 4.70. The topological polar surface area (TPSA) is 40.5 Å². The normalized spacial score (nSPS) is 34.2. The summed E-state index contributed by atoms with van der Waals surface area (Å²) in [5.74, 6) is 1.03. The van der Waals surface area contributed by atoms with Crippen LogP contribution in [0.25, 0.3) is 0 Å². The first kappa shape index (κ1) is 8.02. The van der Waals surface area contributed by atoms with Crippen LogP contribution in [0.15, 0.2) is 0 Å². The minimum absolute atomic E-state index is 0.331. The Bertz CT molecular complexity index is 73.3. The monoisotopic (exact) mass is 144 g/mol. The van der Waals surface area contributed by atoms with Crippen molar-refractivity contribution in [2.75, 3.05) is 13.2 Å². The Kier molecular flexibility index (Phi) is 3.16. The van der Waals surface area contributed by atoms with Crippen LogP contribution >= 0.6 is 0 Å². The first-order valence-electron chi connectivity index (χ1n) is 4.08. The van der Waals surface area contributed by atoms with Crippen molar-refractivity contribution < 1.29 is 10.2 Å². The van der Waals surface area contributed by atoms with Gasteiger partial charge in [-0.15, -0.1) is 0 Å². The van der Waals surface area contributed by atoms with Crippen LogP contribution in [0.1, 0.15) is 25.7 Å². The molecular weight excluding hydrogens is 128 g/mol. The molecule has 0 radical (unpaired) electrons. The van der Waals surface area contributed by atoms with Crippen molar-refractivity contribution in [2.24, 2.45) is 11.8 Å². The van der Waals surface area contributed by atoms with Crippen LogP contribution in [0.2, 0.25) is 0 Å². The average molecular weight is 144 g/mol. The average Bonchev–Trinajstić information content (AvgIpc) is 2.05. The predicted octanol–water partition coefficient (Wildman–Crippen LogP) is 0.777. The van der Waals surface area contributed by atoms with Crippen LogP contribution < -0.4 is 0 Å². The molecule has 0 amide bonds. The third-order valence-electron chi connectivity index (χ3n) is 2.48. The summed E-state index contributed by atoms with van der Waals surface area (Å²) in [5.41, 5.74) is 0. The third-order valence-corrected chi connectivity index (χ3v) is 2.48. The number of hydrogen-bond acceptors (Lipinski definition) is 2. The molecule has 2 N–H and O–H groups in total. The maximum Gasteiger partial charge on any atom is 0.0459 e. The second-order valence-electron chi connectivity index (χ2n) is 3.25. The quantitative estimate of drug-likeness (QED) is 0.601. The van der Waals surface area contributed by atoms with Gasteiger partial charge in [-0.25, -0.2) is 0 Å². The molecule has 0 bridgehead atoms. The maximum atomic E-state index is 8.79. The highest BCUT2D eigenvalue weighted by Gasteiger charge is 2.19. The van der Waals surface area contributed by atoms with Gasteiger partial charge in [0.05, 0.1) is 0 Å². The van der Waals surface area contributed by atoms with Crippen molar-refractivity contribution in [3.05, 3.63) is 0 Å². The summed E-state index contributed by atoms with van der Waals surface area (Å²) >= 11 is 0. The Balaban J connectivity index is 2.17.